The summed E-state index contributed by atoms with van der Waals surface area (Å²) in [7, 11) is 0. The zero-order valence-electron chi connectivity index (χ0n) is 14.9. The van der Waals surface area contributed by atoms with Gasteiger partial charge in [-0.1, -0.05) is 6.07 Å². The van der Waals surface area contributed by atoms with E-state index in [1.807, 2.05) is 6.07 Å². The van der Waals surface area contributed by atoms with Crippen LogP contribution in [0.5, 0.6) is 0 Å². The van der Waals surface area contributed by atoms with Crippen LogP contribution in [0.2, 0.25) is 0 Å². The number of hydrogen-bond donors (Lipinski definition) is 1. The van der Waals surface area contributed by atoms with Crippen LogP contribution in [0.15, 0.2) is 18.2 Å². The molecule has 1 aromatic rings. The molecule has 3 fully saturated rings. The van der Waals surface area contributed by atoms with E-state index in [1.165, 1.54) is 6.07 Å². The number of piperidine rings is 1. The lowest BCUT2D eigenvalue weighted by Crippen LogP contribution is -2.54. The highest BCUT2D eigenvalue weighted by Gasteiger charge is 2.50. The van der Waals surface area contributed by atoms with Gasteiger partial charge in [0, 0.05) is 38.9 Å². The number of amides is 1. The Morgan fingerprint density at radius 1 is 1.23 bits per heavy atom. The Morgan fingerprint density at radius 2 is 2.04 bits per heavy atom. The number of rotatable bonds is 3. The van der Waals surface area contributed by atoms with E-state index >= 15 is 0 Å². The van der Waals surface area contributed by atoms with Crippen molar-refractivity contribution in [1.82, 2.24) is 9.88 Å². The zero-order valence-corrected chi connectivity index (χ0v) is 14.9. The molecule has 0 bridgehead atoms. The first-order valence-corrected chi connectivity index (χ1v) is 9.43. The average molecular weight is 359 g/mol. The van der Waals surface area contributed by atoms with E-state index in [0.717, 1.165) is 58.4 Å². The van der Waals surface area contributed by atoms with Gasteiger partial charge in [-0.15, -0.1) is 0 Å². The second-order valence-electron chi connectivity index (χ2n) is 7.58. The summed E-state index contributed by atoms with van der Waals surface area (Å²) in [5.74, 6) is -0.106. The van der Waals surface area contributed by atoms with Gasteiger partial charge < -0.3 is 19.6 Å². The molecule has 4 heterocycles. The number of hydrogen-bond acceptors (Lipinski definition) is 5. The molecule has 1 atom stereocenters. The monoisotopic (exact) mass is 359 g/mol. The summed E-state index contributed by atoms with van der Waals surface area (Å²) in [5.41, 5.74) is -0.306. The molecule has 7 heteroatoms. The minimum Gasteiger partial charge on any atom is -0.477 e. The second kappa shape index (κ2) is 6.87. The molecule has 3 aliphatic rings. The van der Waals surface area contributed by atoms with E-state index in [-0.39, 0.29) is 17.0 Å². The van der Waals surface area contributed by atoms with Crippen molar-refractivity contribution in [2.75, 3.05) is 37.7 Å². The SMILES string of the molecule is O=C(O)c1cccc(N2CCC3(CCCN(C4CCOCC4)C3=O)C2)n1. The number of carboxylic acid groups (broad SMARTS) is 1. The Hall–Kier alpha value is -2.15. The number of carbonyl (C=O) groups excluding carboxylic acids is 1. The Labute approximate surface area is 152 Å². The van der Waals surface area contributed by atoms with E-state index in [9.17, 15) is 9.59 Å². The van der Waals surface area contributed by atoms with Gasteiger partial charge in [-0.25, -0.2) is 9.78 Å². The fourth-order valence-corrected chi connectivity index (χ4v) is 4.61. The molecular formula is C19H25N3O4. The first-order valence-electron chi connectivity index (χ1n) is 9.43. The number of anilines is 1. The van der Waals surface area contributed by atoms with Gasteiger partial charge in [0.25, 0.3) is 0 Å². The molecule has 7 nitrogen and oxygen atoms in total. The maximum absolute atomic E-state index is 13.3. The molecule has 0 saturated carbocycles. The fourth-order valence-electron chi connectivity index (χ4n) is 4.61. The van der Waals surface area contributed by atoms with E-state index < -0.39 is 5.97 Å². The highest BCUT2D eigenvalue weighted by molar-refractivity contribution is 5.86. The quantitative estimate of drug-likeness (QED) is 0.886. The van der Waals surface area contributed by atoms with E-state index in [0.29, 0.717) is 18.4 Å². The van der Waals surface area contributed by atoms with Crippen molar-refractivity contribution < 1.29 is 19.4 Å². The standard InChI is InChI=1S/C19H25N3O4/c23-17(24)15-3-1-4-16(20-15)21-10-8-19(13-21)7-2-9-22(18(19)25)14-5-11-26-12-6-14/h1,3-4,14H,2,5-13H2,(H,23,24). The van der Waals surface area contributed by atoms with Gasteiger partial charge in [0.1, 0.15) is 5.82 Å². The minimum atomic E-state index is -1.03. The summed E-state index contributed by atoms with van der Waals surface area (Å²) in [6.45, 7) is 3.68. The van der Waals surface area contributed by atoms with E-state index in [1.54, 1.807) is 6.07 Å². The van der Waals surface area contributed by atoms with E-state index in [4.69, 9.17) is 9.84 Å². The van der Waals surface area contributed by atoms with Crippen LogP contribution in [0.3, 0.4) is 0 Å². The van der Waals surface area contributed by atoms with Gasteiger partial charge in [0.2, 0.25) is 5.91 Å². The van der Waals surface area contributed by atoms with Crippen molar-refractivity contribution >= 4 is 17.7 Å². The van der Waals surface area contributed by atoms with Crippen LogP contribution in [0.1, 0.15) is 42.6 Å². The molecular weight excluding hydrogens is 334 g/mol. The van der Waals surface area contributed by atoms with Crippen LogP contribution in [0.25, 0.3) is 0 Å². The molecule has 1 aromatic heterocycles. The molecule has 26 heavy (non-hydrogen) atoms. The Morgan fingerprint density at radius 3 is 2.81 bits per heavy atom. The number of aromatic nitrogens is 1. The van der Waals surface area contributed by atoms with Crippen molar-refractivity contribution in [2.24, 2.45) is 5.41 Å². The largest absolute Gasteiger partial charge is 0.477 e. The molecule has 3 aliphatic heterocycles. The third-order valence-corrected chi connectivity index (χ3v) is 6.03. The maximum Gasteiger partial charge on any atom is 0.354 e. The number of aromatic carboxylic acids is 1. The zero-order chi connectivity index (χ0) is 18.1. The Kier molecular flexibility index (Phi) is 4.56. The second-order valence-corrected chi connectivity index (χ2v) is 7.58. The number of carboxylic acids is 1. The van der Waals surface area contributed by atoms with Crippen LogP contribution >= 0.6 is 0 Å². The highest BCUT2D eigenvalue weighted by Crippen LogP contribution is 2.42. The summed E-state index contributed by atoms with van der Waals surface area (Å²) in [6.07, 6.45) is 4.59. The van der Waals surface area contributed by atoms with Crippen molar-refractivity contribution in [3.63, 3.8) is 0 Å². The summed E-state index contributed by atoms with van der Waals surface area (Å²) >= 11 is 0. The number of carbonyl (C=O) groups is 2. The predicted octanol–water partition coefficient (Wildman–Crippen LogP) is 1.78. The molecule has 1 N–H and O–H groups in total. The van der Waals surface area contributed by atoms with Gasteiger partial charge >= 0.3 is 5.97 Å². The van der Waals surface area contributed by atoms with Crippen molar-refractivity contribution in [3.8, 4) is 0 Å². The number of ether oxygens (including phenoxy) is 1. The van der Waals surface area contributed by atoms with E-state index in [2.05, 4.69) is 14.8 Å². The van der Waals surface area contributed by atoms with Crippen LogP contribution in [-0.2, 0) is 9.53 Å². The summed E-state index contributed by atoms with van der Waals surface area (Å²) < 4.78 is 5.45. The lowest BCUT2D eigenvalue weighted by atomic mass is 9.77. The molecule has 140 valence electrons. The maximum atomic E-state index is 13.3. The minimum absolute atomic E-state index is 0.0438. The van der Waals surface area contributed by atoms with Gasteiger partial charge in [-0.05, 0) is 44.2 Å². The van der Waals surface area contributed by atoms with Crippen molar-refractivity contribution in [3.05, 3.63) is 23.9 Å². The van der Waals surface area contributed by atoms with Gasteiger partial charge in [-0.3, -0.25) is 4.79 Å². The lowest BCUT2D eigenvalue weighted by Gasteiger charge is -2.44. The third kappa shape index (κ3) is 3.05. The Balaban J connectivity index is 1.51. The molecule has 1 unspecified atom stereocenters. The predicted molar refractivity (Wildman–Crippen MR) is 95.2 cm³/mol. The number of likely N-dealkylation sites (tertiary alicyclic amines) is 1. The van der Waals surface area contributed by atoms with Crippen molar-refractivity contribution in [1.29, 1.82) is 0 Å². The average Bonchev–Trinajstić information content (AvgIpc) is 3.10. The van der Waals surface area contributed by atoms with Crippen LogP contribution in [0.4, 0.5) is 5.82 Å². The smallest absolute Gasteiger partial charge is 0.354 e. The normalized spacial score (nSPS) is 27.3. The van der Waals surface area contributed by atoms with Gasteiger partial charge in [0.15, 0.2) is 5.69 Å². The summed E-state index contributed by atoms with van der Waals surface area (Å²) in [5, 5.41) is 9.16. The first kappa shape index (κ1) is 17.3. The van der Waals surface area contributed by atoms with Crippen LogP contribution < -0.4 is 4.90 Å². The topological polar surface area (TPSA) is 83.0 Å². The van der Waals surface area contributed by atoms with Gasteiger partial charge in [0.05, 0.1) is 5.41 Å². The summed E-state index contributed by atoms with van der Waals surface area (Å²) in [6, 6.07) is 5.34. The third-order valence-electron chi connectivity index (χ3n) is 6.03. The first-order chi connectivity index (χ1) is 12.6. The molecule has 4 rings (SSSR count). The molecule has 0 aromatic carbocycles. The number of pyridine rings is 1. The van der Waals surface area contributed by atoms with Crippen LogP contribution in [-0.4, -0.2) is 65.8 Å². The Bertz CT molecular complexity index is 704. The summed E-state index contributed by atoms with van der Waals surface area (Å²) in [4.78, 5) is 32.9. The molecule has 0 radical (unpaired) electrons. The number of nitrogens with zero attached hydrogens (tertiary/aromatic N) is 3. The van der Waals surface area contributed by atoms with Crippen LogP contribution in [0, 0.1) is 5.41 Å². The fraction of sp³-hybridized carbons (Fsp3) is 0.632. The van der Waals surface area contributed by atoms with Crippen molar-refractivity contribution in [2.45, 2.75) is 38.1 Å². The van der Waals surface area contributed by atoms with Gasteiger partial charge in [-0.2, -0.15) is 0 Å². The molecule has 1 amide bonds. The molecule has 0 aliphatic carbocycles. The lowest BCUT2D eigenvalue weighted by molar-refractivity contribution is -0.149. The molecule has 1 spiro atoms. The molecule has 3 saturated heterocycles. The highest BCUT2D eigenvalue weighted by atomic mass is 16.5.